The van der Waals surface area contributed by atoms with Gasteiger partial charge in [-0.05, 0) is 25.0 Å². The first-order chi connectivity index (χ1) is 12.0. The van der Waals surface area contributed by atoms with Crippen molar-refractivity contribution in [1.29, 1.82) is 0 Å². The second-order valence-corrected chi connectivity index (χ2v) is 5.18. The number of para-hydroxylation sites is 1. The van der Waals surface area contributed by atoms with Gasteiger partial charge < -0.3 is 14.8 Å². The van der Waals surface area contributed by atoms with Crippen molar-refractivity contribution >= 4 is 17.3 Å². The van der Waals surface area contributed by atoms with E-state index < -0.39 is 10.8 Å². The van der Waals surface area contributed by atoms with Gasteiger partial charge in [0.15, 0.2) is 11.5 Å². The Bertz CT molecular complexity index is 789. The van der Waals surface area contributed by atoms with Gasteiger partial charge in [-0.2, -0.15) is 0 Å². The summed E-state index contributed by atoms with van der Waals surface area (Å²) in [6, 6.07) is 9.86. The molecule has 132 valence electrons. The molecule has 7 heteroatoms. The third-order valence-electron chi connectivity index (χ3n) is 3.67. The van der Waals surface area contributed by atoms with E-state index in [1.165, 1.54) is 19.2 Å². The van der Waals surface area contributed by atoms with Gasteiger partial charge in [0.2, 0.25) is 0 Å². The third kappa shape index (κ3) is 4.06. The normalized spacial score (nSPS) is 10.2. The van der Waals surface area contributed by atoms with Crippen molar-refractivity contribution in [2.24, 2.45) is 0 Å². The van der Waals surface area contributed by atoms with E-state index in [0.717, 1.165) is 12.0 Å². The number of carbonyl (C=O) groups is 1. The molecular formula is C18H20N2O5. The summed E-state index contributed by atoms with van der Waals surface area (Å²) in [6.45, 7) is 4.08. The lowest BCUT2D eigenvalue weighted by atomic mass is 10.1. The van der Waals surface area contributed by atoms with Crippen LogP contribution >= 0.6 is 0 Å². The van der Waals surface area contributed by atoms with Crippen LogP contribution in [0.3, 0.4) is 0 Å². The van der Waals surface area contributed by atoms with Crippen LogP contribution < -0.4 is 14.8 Å². The van der Waals surface area contributed by atoms with Crippen molar-refractivity contribution in [3.8, 4) is 11.5 Å². The van der Waals surface area contributed by atoms with Gasteiger partial charge in [-0.15, -0.1) is 0 Å². The number of benzene rings is 2. The van der Waals surface area contributed by atoms with E-state index in [2.05, 4.69) is 5.32 Å². The number of hydrogen-bond acceptors (Lipinski definition) is 5. The molecule has 0 spiro atoms. The summed E-state index contributed by atoms with van der Waals surface area (Å²) in [5.74, 6) is -0.0835. The van der Waals surface area contributed by atoms with Crippen molar-refractivity contribution in [2.75, 3.05) is 19.0 Å². The van der Waals surface area contributed by atoms with Crippen LogP contribution in [0, 0.1) is 10.1 Å². The highest BCUT2D eigenvalue weighted by Crippen LogP contribution is 2.35. The maximum absolute atomic E-state index is 12.7. The molecule has 2 rings (SSSR count). The lowest BCUT2D eigenvalue weighted by molar-refractivity contribution is -0.385. The predicted molar refractivity (Wildman–Crippen MR) is 94.6 cm³/mol. The Balaban J connectivity index is 2.46. The van der Waals surface area contributed by atoms with E-state index in [9.17, 15) is 14.9 Å². The molecule has 0 aliphatic rings. The molecule has 7 nitrogen and oxygen atoms in total. The maximum Gasteiger partial charge on any atom is 0.286 e. The molecule has 0 atom stereocenters. The van der Waals surface area contributed by atoms with E-state index in [1.54, 1.807) is 19.1 Å². The first-order valence-corrected chi connectivity index (χ1v) is 7.90. The van der Waals surface area contributed by atoms with Crippen molar-refractivity contribution < 1.29 is 19.2 Å². The second-order valence-electron chi connectivity index (χ2n) is 5.18. The summed E-state index contributed by atoms with van der Waals surface area (Å²) in [5.41, 5.74) is 1.14. The highest BCUT2D eigenvalue weighted by atomic mass is 16.6. The first-order valence-electron chi connectivity index (χ1n) is 7.90. The molecule has 2 aromatic carbocycles. The summed E-state index contributed by atoms with van der Waals surface area (Å²) in [6.07, 6.45) is 0.728. The lowest BCUT2D eigenvalue weighted by Gasteiger charge is -2.13. The largest absolute Gasteiger partial charge is 0.493 e. The number of amides is 1. The van der Waals surface area contributed by atoms with Crippen LogP contribution in [0.1, 0.15) is 29.8 Å². The van der Waals surface area contributed by atoms with E-state index >= 15 is 0 Å². The second kappa shape index (κ2) is 8.14. The Hall–Kier alpha value is -3.09. The number of rotatable bonds is 7. The molecule has 0 fully saturated rings. The minimum Gasteiger partial charge on any atom is -0.493 e. The van der Waals surface area contributed by atoms with E-state index in [0.29, 0.717) is 12.3 Å². The fraction of sp³-hybridized carbons (Fsp3) is 0.278. The lowest BCUT2D eigenvalue weighted by Crippen LogP contribution is -2.15. The molecule has 2 aromatic rings. The SMILES string of the molecule is CCOc1cc(C(=O)Nc2ccccc2CC)c([N+](=O)[O-])cc1OC. The molecule has 0 aromatic heterocycles. The molecule has 0 aliphatic heterocycles. The van der Waals surface area contributed by atoms with Crippen molar-refractivity contribution in [1.82, 2.24) is 0 Å². The van der Waals surface area contributed by atoms with Gasteiger partial charge in [0.1, 0.15) is 5.56 Å². The standard InChI is InChI=1S/C18H20N2O5/c1-4-12-8-6-7-9-14(12)19-18(21)13-10-17(25-5-2)16(24-3)11-15(13)20(22)23/h6-11H,4-5H2,1-3H3,(H,19,21). The Morgan fingerprint density at radius 1 is 1.20 bits per heavy atom. The van der Waals surface area contributed by atoms with Gasteiger partial charge in [-0.25, -0.2) is 0 Å². The molecular weight excluding hydrogens is 324 g/mol. The van der Waals surface area contributed by atoms with Crippen LogP contribution in [0.2, 0.25) is 0 Å². The summed E-state index contributed by atoms with van der Waals surface area (Å²) in [7, 11) is 1.39. The number of hydrogen-bond donors (Lipinski definition) is 1. The molecule has 0 saturated heterocycles. The van der Waals surface area contributed by atoms with Gasteiger partial charge in [0, 0.05) is 11.8 Å². The molecule has 0 radical (unpaired) electrons. The minimum absolute atomic E-state index is 0.0832. The average Bonchev–Trinajstić information content (AvgIpc) is 2.61. The van der Waals surface area contributed by atoms with E-state index in [-0.39, 0.29) is 22.7 Å². The van der Waals surface area contributed by atoms with Crippen LogP contribution in [-0.2, 0) is 6.42 Å². The van der Waals surface area contributed by atoms with Crippen molar-refractivity contribution in [3.05, 3.63) is 57.6 Å². The monoisotopic (exact) mass is 344 g/mol. The average molecular weight is 344 g/mol. The number of aryl methyl sites for hydroxylation is 1. The number of nitrogens with zero attached hydrogens (tertiary/aromatic N) is 1. The zero-order valence-electron chi connectivity index (χ0n) is 14.4. The smallest absolute Gasteiger partial charge is 0.286 e. The zero-order valence-corrected chi connectivity index (χ0v) is 14.4. The topological polar surface area (TPSA) is 90.7 Å². The predicted octanol–water partition coefficient (Wildman–Crippen LogP) is 3.82. The zero-order chi connectivity index (χ0) is 18.4. The molecule has 25 heavy (non-hydrogen) atoms. The highest BCUT2D eigenvalue weighted by Gasteiger charge is 2.25. The number of methoxy groups -OCH3 is 1. The highest BCUT2D eigenvalue weighted by molar-refractivity contribution is 6.08. The van der Waals surface area contributed by atoms with Gasteiger partial charge in [0.05, 0.1) is 24.7 Å². The van der Waals surface area contributed by atoms with Crippen LogP contribution in [-0.4, -0.2) is 24.5 Å². The number of nitrogens with one attached hydrogen (secondary N) is 1. The molecule has 0 saturated carbocycles. The first kappa shape index (κ1) is 18.3. The fourth-order valence-corrected chi connectivity index (χ4v) is 2.45. The van der Waals surface area contributed by atoms with Crippen LogP contribution in [0.25, 0.3) is 0 Å². The summed E-state index contributed by atoms with van der Waals surface area (Å²) in [4.78, 5) is 23.4. The Morgan fingerprint density at radius 3 is 2.52 bits per heavy atom. The van der Waals surface area contributed by atoms with E-state index in [1.807, 2.05) is 19.1 Å². The molecule has 0 bridgehead atoms. The number of nitro groups is 1. The van der Waals surface area contributed by atoms with Crippen LogP contribution in [0.15, 0.2) is 36.4 Å². The van der Waals surface area contributed by atoms with Crippen LogP contribution in [0.4, 0.5) is 11.4 Å². The summed E-state index contributed by atoms with van der Waals surface area (Å²) >= 11 is 0. The third-order valence-corrected chi connectivity index (χ3v) is 3.67. The molecule has 0 unspecified atom stereocenters. The fourth-order valence-electron chi connectivity index (χ4n) is 2.45. The molecule has 0 aliphatic carbocycles. The molecule has 1 amide bonds. The minimum atomic E-state index is -0.612. The van der Waals surface area contributed by atoms with E-state index in [4.69, 9.17) is 9.47 Å². The number of ether oxygens (including phenoxy) is 2. The van der Waals surface area contributed by atoms with Gasteiger partial charge in [-0.3, -0.25) is 14.9 Å². The van der Waals surface area contributed by atoms with Gasteiger partial charge in [-0.1, -0.05) is 25.1 Å². The summed E-state index contributed by atoms with van der Waals surface area (Å²) < 4.78 is 10.5. The number of nitro benzene ring substituents is 1. The Kier molecular flexibility index (Phi) is 5.94. The number of carbonyl (C=O) groups excluding carboxylic acids is 1. The quantitative estimate of drug-likeness (QED) is 0.609. The van der Waals surface area contributed by atoms with Crippen molar-refractivity contribution in [2.45, 2.75) is 20.3 Å². The Labute approximate surface area is 145 Å². The van der Waals surface area contributed by atoms with Gasteiger partial charge >= 0.3 is 0 Å². The Morgan fingerprint density at radius 2 is 1.92 bits per heavy atom. The van der Waals surface area contributed by atoms with Gasteiger partial charge in [0.25, 0.3) is 11.6 Å². The molecule has 1 N–H and O–H groups in total. The molecule has 0 heterocycles. The maximum atomic E-state index is 12.7. The van der Waals surface area contributed by atoms with Crippen LogP contribution in [0.5, 0.6) is 11.5 Å². The summed E-state index contributed by atoms with van der Waals surface area (Å²) in [5, 5.41) is 14.1. The number of anilines is 1. The van der Waals surface area contributed by atoms with Crippen molar-refractivity contribution in [3.63, 3.8) is 0 Å².